The number of hydrogen-bond donors (Lipinski definition) is 1. The minimum absolute atomic E-state index is 0.770. The van der Waals surface area contributed by atoms with Gasteiger partial charge in [0.1, 0.15) is 0 Å². The Morgan fingerprint density at radius 3 is 2.64 bits per heavy atom. The molecular formula is C12H26N2. The van der Waals surface area contributed by atoms with Gasteiger partial charge in [0.2, 0.25) is 0 Å². The third-order valence-corrected chi connectivity index (χ3v) is 3.51. The van der Waals surface area contributed by atoms with Gasteiger partial charge in [-0.1, -0.05) is 27.2 Å². The second kappa shape index (κ2) is 6.41. The molecule has 0 radical (unpaired) electrons. The molecule has 0 spiro atoms. The highest BCUT2D eigenvalue weighted by molar-refractivity contribution is 4.81. The summed E-state index contributed by atoms with van der Waals surface area (Å²) in [7, 11) is 0. The molecule has 1 heterocycles. The van der Waals surface area contributed by atoms with Gasteiger partial charge in [0.05, 0.1) is 0 Å². The van der Waals surface area contributed by atoms with Crippen LogP contribution in [0.15, 0.2) is 0 Å². The first-order valence-electron chi connectivity index (χ1n) is 6.26. The molecule has 2 atom stereocenters. The summed E-state index contributed by atoms with van der Waals surface area (Å²) in [6.07, 6.45) is 4.05. The van der Waals surface area contributed by atoms with E-state index in [4.69, 9.17) is 0 Å². The van der Waals surface area contributed by atoms with Gasteiger partial charge in [-0.2, -0.15) is 0 Å². The summed E-state index contributed by atoms with van der Waals surface area (Å²) < 4.78 is 0. The minimum atomic E-state index is 0.770. The van der Waals surface area contributed by atoms with Crippen molar-refractivity contribution in [1.29, 1.82) is 0 Å². The van der Waals surface area contributed by atoms with Crippen LogP contribution in [0.25, 0.3) is 0 Å². The lowest BCUT2D eigenvalue weighted by atomic mass is 10.1. The van der Waals surface area contributed by atoms with E-state index in [9.17, 15) is 0 Å². The number of hydrogen-bond acceptors (Lipinski definition) is 2. The van der Waals surface area contributed by atoms with E-state index >= 15 is 0 Å². The fraction of sp³-hybridized carbons (Fsp3) is 1.00. The maximum absolute atomic E-state index is 3.47. The van der Waals surface area contributed by atoms with E-state index in [2.05, 4.69) is 31.0 Å². The SMILES string of the molecule is CCNCC(CC)N1CCC(CC)C1. The predicted molar refractivity (Wildman–Crippen MR) is 62.6 cm³/mol. The Balaban J connectivity index is 2.30. The first-order valence-corrected chi connectivity index (χ1v) is 6.26. The number of nitrogens with one attached hydrogen (secondary N) is 1. The average molecular weight is 198 g/mol. The van der Waals surface area contributed by atoms with Gasteiger partial charge in [0.25, 0.3) is 0 Å². The lowest BCUT2D eigenvalue weighted by Gasteiger charge is -2.27. The van der Waals surface area contributed by atoms with Gasteiger partial charge in [0.15, 0.2) is 0 Å². The van der Waals surface area contributed by atoms with E-state index in [1.54, 1.807) is 0 Å². The molecule has 84 valence electrons. The fourth-order valence-electron chi connectivity index (χ4n) is 2.37. The van der Waals surface area contributed by atoms with E-state index in [1.165, 1.54) is 38.9 Å². The molecule has 1 aliphatic heterocycles. The van der Waals surface area contributed by atoms with Gasteiger partial charge in [-0.15, -0.1) is 0 Å². The number of likely N-dealkylation sites (N-methyl/N-ethyl adjacent to an activating group) is 1. The molecule has 1 saturated heterocycles. The van der Waals surface area contributed by atoms with Crippen molar-refractivity contribution in [3.05, 3.63) is 0 Å². The van der Waals surface area contributed by atoms with Crippen LogP contribution in [-0.4, -0.2) is 37.1 Å². The molecule has 1 fully saturated rings. The molecule has 1 aliphatic rings. The second-order valence-corrected chi connectivity index (χ2v) is 4.43. The van der Waals surface area contributed by atoms with Crippen molar-refractivity contribution in [3.8, 4) is 0 Å². The van der Waals surface area contributed by atoms with Crippen LogP contribution in [0.5, 0.6) is 0 Å². The summed E-state index contributed by atoms with van der Waals surface area (Å²) in [5.41, 5.74) is 0. The van der Waals surface area contributed by atoms with E-state index in [-0.39, 0.29) is 0 Å². The monoisotopic (exact) mass is 198 g/mol. The molecular weight excluding hydrogens is 172 g/mol. The molecule has 0 aromatic heterocycles. The number of nitrogens with zero attached hydrogens (tertiary/aromatic N) is 1. The molecule has 2 unspecified atom stereocenters. The van der Waals surface area contributed by atoms with E-state index in [0.717, 1.165) is 18.5 Å². The lowest BCUT2D eigenvalue weighted by molar-refractivity contribution is 0.222. The summed E-state index contributed by atoms with van der Waals surface area (Å²) in [5.74, 6) is 0.964. The Hall–Kier alpha value is -0.0800. The molecule has 0 aliphatic carbocycles. The molecule has 1 N–H and O–H groups in total. The van der Waals surface area contributed by atoms with Gasteiger partial charge in [-0.3, -0.25) is 4.90 Å². The van der Waals surface area contributed by atoms with E-state index < -0.39 is 0 Å². The summed E-state index contributed by atoms with van der Waals surface area (Å²) in [5, 5.41) is 3.47. The zero-order chi connectivity index (χ0) is 10.4. The standard InChI is InChI=1S/C12H26N2/c1-4-11-7-8-14(10-11)12(5-2)9-13-6-3/h11-13H,4-10H2,1-3H3. The normalized spacial score (nSPS) is 25.5. The van der Waals surface area contributed by atoms with Gasteiger partial charge in [-0.05, 0) is 31.8 Å². The van der Waals surface area contributed by atoms with Crippen molar-refractivity contribution in [3.63, 3.8) is 0 Å². The largest absolute Gasteiger partial charge is 0.315 e. The Kier molecular flexibility index (Phi) is 5.49. The highest BCUT2D eigenvalue weighted by Gasteiger charge is 2.25. The predicted octanol–water partition coefficient (Wildman–Crippen LogP) is 2.11. The molecule has 0 aromatic carbocycles. The summed E-state index contributed by atoms with van der Waals surface area (Å²) >= 11 is 0. The molecule has 2 nitrogen and oxygen atoms in total. The first-order chi connectivity index (χ1) is 6.81. The van der Waals surface area contributed by atoms with Crippen molar-refractivity contribution < 1.29 is 0 Å². The topological polar surface area (TPSA) is 15.3 Å². The van der Waals surface area contributed by atoms with Crippen LogP contribution in [0.2, 0.25) is 0 Å². The highest BCUT2D eigenvalue weighted by Crippen LogP contribution is 2.21. The zero-order valence-corrected chi connectivity index (χ0v) is 10.1. The smallest absolute Gasteiger partial charge is 0.0218 e. The van der Waals surface area contributed by atoms with Gasteiger partial charge >= 0.3 is 0 Å². The van der Waals surface area contributed by atoms with E-state index in [1.807, 2.05) is 0 Å². The molecule has 0 amide bonds. The molecule has 14 heavy (non-hydrogen) atoms. The zero-order valence-electron chi connectivity index (χ0n) is 10.1. The van der Waals surface area contributed by atoms with Crippen LogP contribution < -0.4 is 5.32 Å². The molecule has 2 heteroatoms. The molecule has 0 bridgehead atoms. The van der Waals surface area contributed by atoms with Crippen molar-refractivity contribution in [2.45, 2.75) is 46.1 Å². The summed E-state index contributed by atoms with van der Waals surface area (Å²) in [6, 6.07) is 0.770. The Labute approximate surface area is 89.1 Å². The summed E-state index contributed by atoms with van der Waals surface area (Å²) in [6.45, 7) is 11.7. The summed E-state index contributed by atoms with van der Waals surface area (Å²) in [4.78, 5) is 2.68. The molecule has 0 aromatic rings. The average Bonchev–Trinajstić information content (AvgIpc) is 2.68. The van der Waals surface area contributed by atoms with Gasteiger partial charge in [0, 0.05) is 19.1 Å². The van der Waals surface area contributed by atoms with Crippen molar-refractivity contribution in [2.24, 2.45) is 5.92 Å². The Morgan fingerprint density at radius 1 is 1.36 bits per heavy atom. The molecule has 1 rings (SSSR count). The van der Waals surface area contributed by atoms with Crippen LogP contribution in [0.4, 0.5) is 0 Å². The van der Waals surface area contributed by atoms with Crippen molar-refractivity contribution in [2.75, 3.05) is 26.2 Å². The van der Waals surface area contributed by atoms with Crippen molar-refractivity contribution >= 4 is 0 Å². The van der Waals surface area contributed by atoms with Gasteiger partial charge in [-0.25, -0.2) is 0 Å². The molecule has 0 saturated carbocycles. The van der Waals surface area contributed by atoms with Crippen LogP contribution in [-0.2, 0) is 0 Å². The maximum atomic E-state index is 3.47. The van der Waals surface area contributed by atoms with Crippen molar-refractivity contribution in [1.82, 2.24) is 10.2 Å². The van der Waals surface area contributed by atoms with Crippen LogP contribution in [0.1, 0.15) is 40.0 Å². The Bertz CT molecular complexity index is 147. The third-order valence-electron chi connectivity index (χ3n) is 3.51. The minimum Gasteiger partial charge on any atom is -0.315 e. The third kappa shape index (κ3) is 3.25. The quantitative estimate of drug-likeness (QED) is 0.703. The van der Waals surface area contributed by atoms with Crippen LogP contribution in [0.3, 0.4) is 0 Å². The fourth-order valence-corrected chi connectivity index (χ4v) is 2.37. The lowest BCUT2D eigenvalue weighted by Crippen LogP contribution is -2.40. The van der Waals surface area contributed by atoms with E-state index in [0.29, 0.717) is 0 Å². The maximum Gasteiger partial charge on any atom is 0.0218 e. The number of rotatable bonds is 6. The Morgan fingerprint density at radius 2 is 2.14 bits per heavy atom. The van der Waals surface area contributed by atoms with Gasteiger partial charge < -0.3 is 5.32 Å². The highest BCUT2D eigenvalue weighted by atomic mass is 15.2. The number of likely N-dealkylation sites (tertiary alicyclic amines) is 1. The first kappa shape index (κ1) is 12.0. The second-order valence-electron chi connectivity index (χ2n) is 4.43. The van der Waals surface area contributed by atoms with Crippen LogP contribution in [0, 0.1) is 5.92 Å². The van der Waals surface area contributed by atoms with Crippen LogP contribution >= 0.6 is 0 Å².